The van der Waals surface area contributed by atoms with E-state index in [2.05, 4.69) is 0 Å². The SMILES string of the molecule is CCOCC(N)C(C)OCC. The fourth-order valence-corrected chi connectivity index (χ4v) is 0.776. The van der Waals surface area contributed by atoms with Gasteiger partial charge in [-0.3, -0.25) is 0 Å². The van der Waals surface area contributed by atoms with E-state index in [0.29, 0.717) is 19.8 Å². The van der Waals surface area contributed by atoms with Gasteiger partial charge in [-0.1, -0.05) is 0 Å². The lowest BCUT2D eigenvalue weighted by atomic mass is 10.2. The van der Waals surface area contributed by atoms with Crippen LogP contribution in [0.2, 0.25) is 0 Å². The van der Waals surface area contributed by atoms with Crippen LogP contribution in [0.15, 0.2) is 0 Å². The smallest absolute Gasteiger partial charge is 0.0720 e. The molecule has 0 bridgehead atoms. The summed E-state index contributed by atoms with van der Waals surface area (Å²) in [5.74, 6) is 0. The van der Waals surface area contributed by atoms with Crippen LogP contribution in [0.4, 0.5) is 0 Å². The highest BCUT2D eigenvalue weighted by Gasteiger charge is 2.11. The van der Waals surface area contributed by atoms with E-state index in [1.54, 1.807) is 0 Å². The minimum Gasteiger partial charge on any atom is -0.380 e. The zero-order valence-electron chi connectivity index (χ0n) is 7.67. The van der Waals surface area contributed by atoms with E-state index in [1.165, 1.54) is 0 Å². The molecule has 0 saturated heterocycles. The molecule has 0 radical (unpaired) electrons. The second-order valence-electron chi connectivity index (χ2n) is 2.48. The van der Waals surface area contributed by atoms with Gasteiger partial charge in [-0.2, -0.15) is 0 Å². The van der Waals surface area contributed by atoms with Gasteiger partial charge in [-0.05, 0) is 20.8 Å². The average molecular weight is 161 g/mol. The summed E-state index contributed by atoms with van der Waals surface area (Å²) in [7, 11) is 0. The molecule has 0 aromatic carbocycles. The minimum atomic E-state index is -0.00472. The number of rotatable bonds is 6. The van der Waals surface area contributed by atoms with Gasteiger partial charge in [0.15, 0.2) is 0 Å². The number of ether oxygens (including phenoxy) is 2. The molecule has 2 atom stereocenters. The molecule has 0 aromatic heterocycles. The van der Waals surface area contributed by atoms with Gasteiger partial charge in [-0.25, -0.2) is 0 Å². The predicted molar refractivity (Wildman–Crippen MR) is 45.6 cm³/mol. The van der Waals surface area contributed by atoms with Gasteiger partial charge in [0, 0.05) is 13.2 Å². The van der Waals surface area contributed by atoms with Crippen molar-refractivity contribution in [2.75, 3.05) is 19.8 Å². The number of hydrogen-bond acceptors (Lipinski definition) is 3. The van der Waals surface area contributed by atoms with Gasteiger partial charge in [-0.15, -0.1) is 0 Å². The summed E-state index contributed by atoms with van der Waals surface area (Å²) in [4.78, 5) is 0. The Morgan fingerprint density at radius 3 is 2.36 bits per heavy atom. The van der Waals surface area contributed by atoms with Gasteiger partial charge in [0.2, 0.25) is 0 Å². The third kappa shape index (κ3) is 5.18. The van der Waals surface area contributed by atoms with Gasteiger partial charge >= 0.3 is 0 Å². The summed E-state index contributed by atoms with van der Waals surface area (Å²) in [6.45, 7) is 7.89. The first-order chi connectivity index (χ1) is 5.22. The van der Waals surface area contributed by atoms with E-state index < -0.39 is 0 Å². The predicted octanol–water partition coefficient (Wildman–Crippen LogP) is 0.775. The molecule has 2 unspecified atom stereocenters. The van der Waals surface area contributed by atoms with Crippen molar-refractivity contribution in [1.82, 2.24) is 0 Å². The summed E-state index contributed by atoms with van der Waals surface area (Å²) in [6, 6.07) is -0.00472. The van der Waals surface area contributed by atoms with E-state index in [4.69, 9.17) is 15.2 Å². The van der Waals surface area contributed by atoms with Crippen molar-refractivity contribution in [2.45, 2.75) is 32.9 Å². The molecule has 68 valence electrons. The molecule has 0 saturated carbocycles. The van der Waals surface area contributed by atoms with Gasteiger partial charge in [0.1, 0.15) is 0 Å². The van der Waals surface area contributed by atoms with Crippen molar-refractivity contribution < 1.29 is 9.47 Å². The largest absolute Gasteiger partial charge is 0.380 e. The highest BCUT2D eigenvalue weighted by molar-refractivity contribution is 4.67. The molecule has 0 aliphatic carbocycles. The van der Waals surface area contributed by atoms with Gasteiger partial charge < -0.3 is 15.2 Å². The Kier molecular flexibility index (Phi) is 6.51. The zero-order valence-corrected chi connectivity index (χ0v) is 7.67. The molecule has 0 amide bonds. The number of nitrogens with two attached hydrogens (primary N) is 1. The normalized spacial score (nSPS) is 16.4. The third-order valence-electron chi connectivity index (χ3n) is 1.55. The standard InChI is InChI=1S/C8H19NO2/c1-4-10-6-8(9)7(3)11-5-2/h7-8H,4-6,9H2,1-3H3. The molecule has 0 spiro atoms. The van der Waals surface area contributed by atoms with E-state index >= 15 is 0 Å². The fourth-order valence-electron chi connectivity index (χ4n) is 0.776. The fraction of sp³-hybridized carbons (Fsp3) is 1.00. The Morgan fingerprint density at radius 2 is 1.91 bits per heavy atom. The Balaban J connectivity index is 3.38. The van der Waals surface area contributed by atoms with Gasteiger partial charge in [0.25, 0.3) is 0 Å². The maximum Gasteiger partial charge on any atom is 0.0720 e. The molecule has 0 aliphatic heterocycles. The molecule has 3 nitrogen and oxygen atoms in total. The van der Waals surface area contributed by atoms with Crippen molar-refractivity contribution in [1.29, 1.82) is 0 Å². The Morgan fingerprint density at radius 1 is 1.27 bits per heavy atom. The molecule has 0 aromatic rings. The summed E-state index contributed by atoms with van der Waals surface area (Å²) < 4.78 is 10.5. The molecule has 0 heterocycles. The molecular formula is C8H19NO2. The van der Waals surface area contributed by atoms with E-state index in [-0.39, 0.29) is 12.1 Å². The first kappa shape index (κ1) is 10.9. The molecule has 3 heteroatoms. The lowest BCUT2D eigenvalue weighted by molar-refractivity contribution is 0.0246. The summed E-state index contributed by atoms with van der Waals surface area (Å²) in [5.41, 5.74) is 5.74. The molecule has 11 heavy (non-hydrogen) atoms. The monoisotopic (exact) mass is 161 g/mol. The second-order valence-corrected chi connectivity index (χ2v) is 2.48. The van der Waals surface area contributed by atoms with Crippen molar-refractivity contribution in [2.24, 2.45) is 5.73 Å². The maximum absolute atomic E-state index is 5.74. The molecule has 0 rings (SSSR count). The molecule has 2 N–H and O–H groups in total. The Bertz CT molecular complexity index is 88.2. The first-order valence-corrected chi connectivity index (χ1v) is 4.17. The maximum atomic E-state index is 5.74. The van der Waals surface area contributed by atoms with Crippen molar-refractivity contribution >= 4 is 0 Å². The van der Waals surface area contributed by atoms with Crippen molar-refractivity contribution in [3.05, 3.63) is 0 Å². The Hall–Kier alpha value is -0.120. The van der Waals surface area contributed by atoms with Crippen LogP contribution in [0.1, 0.15) is 20.8 Å². The van der Waals surface area contributed by atoms with Crippen LogP contribution in [0.5, 0.6) is 0 Å². The second kappa shape index (κ2) is 6.58. The molecule has 0 fully saturated rings. The minimum absolute atomic E-state index is 0.00472. The van der Waals surface area contributed by atoms with Crippen LogP contribution in [0.25, 0.3) is 0 Å². The highest BCUT2D eigenvalue weighted by atomic mass is 16.5. The topological polar surface area (TPSA) is 44.5 Å². The van der Waals surface area contributed by atoms with Crippen LogP contribution >= 0.6 is 0 Å². The van der Waals surface area contributed by atoms with Crippen LogP contribution in [-0.2, 0) is 9.47 Å². The van der Waals surface area contributed by atoms with Gasteiger partial charge in [0.05, 0.1) is 18.8 Å². The van der Waals surface area contributed by atoms with Crippen LogP contribution in [0, 0.1) is 0 Å². The lowest BCUT2D eigenvalue weighted by Gasteiger charge is -2.19. The van der Waals surface area contributed by atoms with Crippen LogP contribution < -0.4 is 5.73 Å². The van der Waals surface area contributed by atoms with Crippen molar-refractivity contribution in [3.63, 3.8) is 0 Å². The van der Waals surface area contributed by atoms with E-state index in [9.17, 15) is 0 Å². The number of hydrogen-bond donors (Lipinski definition) is 1. The summed E-state index contributed by atoms with van der Waals surface area (Å²) >= 11 is 0. The van der Waals surface area contributed by atoms with Crippen molar-refractivity contribution in [3.8, 4) is 0 Å². The van der Waals surface area contributed by atoms with Crippen LogP contribution in [0.3, 0.4) is 0 Å². The average Bonchev–Trinajstić information content (AvgIpc) is 2.00. The quantitative estimate of drug-likeness (QED) is 0.626. The van der Waals surface area contributed by atoms with E-state index in [0.717, 1.165) is 0 Å². The zero-order chi connectivity index (χ0) is 8.69. The Labute approximate surface area is 68.9 Å². The molecular weight excluding hydrogens is 142 g/mol. The van der Waals surface area contributed by atoms with Crippen LogP contribution in [-0.4, -0.2) is 32.0 Å². The lowest BCUT2D eigenvalue weighted by Crippen LogP contribution is -2.38. The highest BCUT2D eigenvalue weighted by Crippen LogP contribution is 1.96. The molecule has 0 aliphatic rings. The third-order valence-corrected chi connectivity index (χ3v) is 1.55. The summed E-state index contributed by atoms with van der Waals surface area (Å²) in [6.07, 6.45) is 0.0894. The first-order valence-electron chi connectivity index (χ1n) is 4.17. The summed E-state index contributed by atoms with van der Waals surface area (Å²) in [5, 5.41) is 0. The van der Waals surface area contributed by atoms with E-state index in [1.807, 2.05) is 20.8 Å².